The smallest absolute Gasteiger partial charge is 0.254 e. The van der Waals surface area contributed by atoms with Gasteiger partial charge < -0.3 is 10.4 Å². The van der Waals surface area contributed by atoms with Crippen molar-refractivity contribution < 1.29 is 9.90 Å². The van der Waals surface area contributed by atoms with Crippen molar-refractivity contribution in [1.29, 1.82) is 0 Å². The summed E-state index contributed by atoms with van der Waals surface area (Å²) in [7, 11) is 0. The average Bonchev–Trinajstić information content (AvgIpc) is 2.88. The number of carbonyl (C=O) groups excluding carboxylic acids is 1. The molecule has 0 aliphatic carbocycles. The lowest BCUT2D eigenvalue weighted by Gasteiger charge is -2.19. The molecule has 2 aromatic heterocycles. The molecule has 0 saturated heterocycles. The van der Waals surface area contributed by atoms with Crippen LogP contribution in [0.25, 0.3) is 5.69 Å². The molecule has 0 fully saturated rings. The molecule has 2 aromatic rings. The van der Waals surface area contributed by atoms with Crippen molar-refractivity contribution in [2.45, 2.75) is 26.8 Å². The van der Waals surface area contributed by atoms with E-state index in [1.807, 2.05) is 32.9 Å². The number of carbonyl (C=O) groups is 1. The van der Waals surface area contributed by atoms with Gasteiger partial charge in [0.2, 0.25) is 0 Å². The second-order valence-corrected chi connectivity index (χ2v) is 5.18. The van der Waals surface area contributed by atoms with Crippen LogP contribution in [0.5, 0.6) is 0 Å². The second kappa shape index (κ2) is 6.49. The van der Waals surface area contributed by atoms with Crippen LogP contribution in [0.4, 0.5) is 0 Å². The highest BCUT2D eigenvalue weighted by atomic mass is 16.3. The highest BCUT2D eigenvalue weighted by Gasteiger charge is 2.19. The van der Waals surface area contributed by atoms with Gasteiger partial charge >= 0.3 is 0 Å². The van der Waals surface area contributed by atoms with Gasteiger partial charge in [0.15, 0.2) is 0 Å². The Hall–Kier alpha value is -2.21. The van der Waals surface area contributed by atoms with Crippen LogP contribution in [0.2, 0.25) is 0 Å². The van der Waals surface area contributed by atoms with Crippen LogP contribution in [0, 0.1) is 12.8 Å². The Morgan fingerprint density at radius 1 is 1.38 bits per heavy atom. The fraction of sp³-hybridized carbons (Fsp3) is 0.400. The number of hydrogen-bond donors (Lipinski definition) is 2. The van der Waals surface area contributed by atoms with Gasteiger partial charge in [0.1, 0.15) is 0 Å². The van der Waals surface area contributed by atoms with Gasteiger partial charge in [-0.3, -0.25) is 9.78 Å². The second-order valence-electron chi connectivity index (χ2n) is 5.18. The number of aliphatic hydroxyl groups excluding tert-OH is 1. The van der Waals surface area contributed by atoms with Gasteiger partial charge in [-0.15, -0.1) is 0 Å². The summed E-state index contributed by atoms with van der Waals surface area (Å²) in [5.41, 5.74) is 2.16. The summed E-state index contributed by atoms with van der Waals surface area (Å²) in [6, 6.07) is 3.56. The summed E-state index contributed by atoms with van der Waals surface area (Å²) < 4.78 is 1.71. The lowest BCUT2D eigenvalue weighted by molar-refractivity contribution is 0.0915. The van der Waals surface area contributed by atoms with E-state index in [4.69, 9.17) is 5.11 Å². The Kier molecular flexibility index (Phi) is 4.70. The van der Waals surface area contributed by atoms with Crippen LogP contribution < -0.4 is 5.32 Å². The topological polar surface area (TPSA) is 80.0 Å². The standard InChI is InChI=1S/C15H20N4O2/c1-10(9-20)11(2)18-15(21)14-8-17-19(12(14)3)13-4-6-16-7-5-13/h4-8,10-11,20H,9H2,1-3H3,(H,18,21). The number of aromatic nitrogens is 3. The first kappa shape index (κ1) is 15.2. The molecule has 2 atom stereocenters. The zero-order chi connectivity index (χ0) is 15.4. The third kappa shape index (κ3) is 3.28. The van der Waals surface area contributed by atoms with Crippen LogP contribution in [0.15, 0.2) is 30.7 Å². The van der Waals surface area contributed by atoms with E-state index in [0.29, 0.717) is 5.56 Å². The Bertz CT molecular complexity index is 609. The summed E-state index contributed by atoms with van der Waals surface area (Å²) in [6.45, 7) is 5.65. The molecule has 0 saturated carbocycles. The van der Waals surface area contributed by atoms with E-state index < -0.39 is 0 Å². The van der Waals surface area contributed by atoms with Crippen molar-refractivity contribution in [2.75, 3.05) is 6.61 Å². The lowest BCUT2D eigenvalue weighted by atomic mass is 10.0. The van der Waals surface area contributed by atoms with Gasteiger partial charge in [-0.05, 0) is 31.9 Å². The minimum absolute atomic E-state index is 0.00417. The van der Waals surface area contributed by atoms with E-state index in [1.165, 1.54) is 0 Å². The van der Waals surface area contributed by atoms with E-state index in [0.717, 1.165) is 11.4 Å². The number of hydrogen-bond acceptors (Lipinski definition) is 4. The van der Waals surface area contributed by atoms with Crippen molar-refractivity contribution in [1.82, 2.24) is 20.1 Å². The van der Waals surface area contributed by atoms with Crippen LogP contribution in [-0.2, 0) is 0 Å². The summed E-state index contributed by atoms with van der Waals surface area (Å²) in [6.07, 6.45) is 4.92. The Balaban J connectivity index is 2.19. The Morgan fingerprint density at radius 2 is 2.05 bits per heavy atom. The lowest BCUT2D eigenvalue weighted by Crippen LogP contribution is -2.38. The van der Waals surface area contributed by atoms with Crippen molar-refractivity contribution in [3.05, 3.63) is 42.0 Å². The van der Waals surface area contributed by atoms with Gasteiger partial charge in [-0.1, -0.05) is 6.92 Å². The number of rotatable bonds is 5. The molecule has 6 heteroatoms. The maximum absolute atomic E-state index is 12.3. The number of amides is 1. The first-order valence-corrected chi connectivity index (χ1v) is 6.91. The first-order chi connectivity index (χ1) is 10.0. The molecule has 0 bridgehead atoms. The molecule has 0 radical (unpaired) electrons. The third-order valence-corrected chi connectivity index (χ3v) is 3.66. The van der Waals surface area contributed by atoms with E-state index >= 15 is 0 Å². The molecule has 0 aromatic carbocycles. The van der Waals surface area contributed by atoms with Crippen LogP contribution in [-0.4, -0.2) is 38.4 Å². The van der Waals surface area contributed by atoms with E-state index in [9.17, 15) is 4.79 Å². The zero-order valence-corrected chi connectivity index (χ0v) is 12.4. The molecule has 0 aliphatic rings. The molecule has 6 nitrogen and oxygen atoms in total. The molecule has 2 unspecified atom stereocenters. The predicted octanol–water partition coefficient (Wildman–Crippen LogP) is 1.32. The van der Waals surface area contributed by atoms with E-state index in [-0.39, 0.29) is 24.5 Å². The van der Waals surface area contributed by atoms with Crippen LogP contribution >= 0.6 is 0 Å². The molecule has 2 heterocycles. The fourth-order valence-corrected chi connectivity index (χ4v) is 1.96. The Morgan fingerprint density at radius 3 is 2.67 bits per heavy atom. The monoisotopic (exact) mass is 288 g/mol. The van der Waals surface area contributed by atoms with Gasteiger partial charge in [-0.25, -0.2) is 4.68 Å². The van der Waals surface area contributed by atoms with Crippen molar-refractivity contribution in [2.24, 2.45) is 5.92 Å². The van der Waals surface area contributed by atoms with Crippen LogP contribution in [0.3, 0.4) is 0 Å². The summed E-state index contributed by atoms with van der Waals surface area (Å²) in [5.74, 6) is -0.176. The molecular formula is C15H20N4O2. The molecule has 0 spiro atoms. The minimum atomic E-state index is -0.180. The maximum atomic E-state index is 12.3. The highest BCUT2D eigenvalue weighted by molar-refractivity contribution is 5.95. The van der Waals surface area contributed by atoms with Crippen molar-refractivity contribution in [3.8, 4) is 5.69 Å². The SMILES string of the molecule is Cc1c(C(=O)NC(C)C(C)CO)cnn1-c1ccncc1. The largest absolute Gasteiger partial charge is 0.396 e. The van der Waals surface area contributed by atoms with E-state index in [1.54, 1.807) is 23.3 Å². The number of aliphatic hydroxyl groups is 1. The van der Waals surface area contributed by atoms with Gasteiger partial charge in [0, 0.05) is 25.0 Å². The molecule has 1 amide bonds. The third-order valence-electron chi connectivity index (χ3n) is 3.66. The Labute approximate surface area is 123 Å². The van der Waals surface area contributed by atoms with Crippen molar-refractivity contribution in [3.63, 3.8) is 0 Å². The molecular weight excluding hydrogens is 268 g/mol. The quantitative estimate of drug-likeness (QED) is 0.869. The number of nitrogens with one attached hydrogen (secondary N) is 1. The van der Waals surface area contributed by atoms with Gasteiger partial charge in [0.05, 0.1) is 23.1 Å². The van der Waals surface area contributed by atoms with Crippen LogP contribution in [0.1, 0.15) is 29.9 Å². The molecule has 112 valence electrons. The molecule has 2 rings (SSSR count). The summed E-state index contributed by atoms with van der Waals surface area (Å²) in [4.78, 5) is 16.2. The number of pyridine rings is 1. The predicted molar refractivity (Wildman–Crippen MR) is 79.3 cm³/mol. The van der Waals surface area contributed by atoms with Gasteiger partial charge in [0.25, 0.3) is 5.91 Å². The minimum Gasteiger partial charge on any atom is -0.396 e. The maximum Gasteiger partial charge on any atom is 0.254 e. The molecule has 2 N–H and O–H groups in total. The zero-order valence-electron chi connectivity index (χ0n) is 12.4. The van der Waals surface area contributed by atoms with E-state index in [2.05, 4.69) is 15.4 Å². The molecule has 0 aliphatic heterocycles. The summed E-state index contributed by atoms with van der Waals surface area (Å²) >= 11 is 0. The normalized spacial score (nSPS) is 13.7. The number of nitrogens with zero attached hydrogens (tertiary/aromatic N) is 3. The fourth-order valence-electron chi connectivity index (χ4n) is 1.96. The summed E-state index contributed by atoms with van der Waals surface area (Å²) in [5, 5.41) is 16.3. The highest BCUT2D eigenvalue weighted by Crippen LogP contribution is 2.14. The average molecular weight is 288 g/mol. The van der Waals surface area contributed by atoms with Crippen molar-refractivity contribution >= 4 is 5.91 Å². The first-order valence-electron chi connectivity index (χ1n) is 6.91. The van der Waals surface area contributed by atoms with Gasteiger partial charge in [-0.2, -0.15) is 5.10 Å². The molecule has 21 heavy (non-hydrogen) atoms.